The second-order valence-electron chi connectivity index (χ2n) is 8.15. The molecule has 0 radical (unpaired) electrons. The van der Waals surface area contributed by atoms with Crippen LogP contribution in [0.3, 0.4) is 0 Å². The number of ether oxygens (including phenoxy) is 2. The third kappa shape index (κ3) is 4.22. The number of nitrogens with two attached hydrogens (primary N) is 1. The molecule has 0 spiro atoms. The van der Waals surface area contributed by atoms with Crippen LogP contribution in [0.15, 0.2) is 59.5 Å². The molecule has 3 aromatic rings. The van der Waals surface area contributed by atoms with Crippen molar-refractivity contribution in [1.29, 1.82) is 5.41 Å². The van der Waals surface area contributed by atoms with Gasteiger partial charge in [-0.15, -0.1) is 0 Å². The Morgan fingerprint density at radius 1 is 1.21 bits per heavy atom. The van der Waals surface area contributed by atoms with Gasteiger partial charge in [0.15, 0.2) is 5.72 Å². The lowest BCUT2D eigenvalue weighted by atomic mass is 10.0. The van der Waals surface area contributed by atoms with Gasteiger partial charge in [0.2, 0.25) is 0 Å². The Morgan fingerprint density at radius 2 is 1.94 bits per heavy atom. The zero-order valence-electron chi connectivity index (χ0n) is 19.3. The van der Waals surface area contributed by atoms with Gasteiger partial charge in [-0.25, -0.2) is 0 Å². The minimum Gasteiger partial charge on any atom is -0.497 e. The van der Waals surface area contributed by atoms with Crippen LogP contribution in [0, 0.1) is 5.41 Å². The normalized spacial score (nSPS) is 17.8. The lowest BCUT2D eigenvalue weighted by molar-refractivity contribution is 0.0352. The van der Waals surface area contributed by atoms with E-state index in [1.165, 1.54) is 0 Å². The fourth-order valence-electron chi connectivity index (χ4n) is 4.00. The van der Waals surface area contributed by atoms with Gasteiger partial charge in [-0.2, -0.15) is 0 Å². The molecule has 33 heavy (non-hydrogen) atoms. The largest absolute Gasteiger partial charge is 0.497 e. The third-order valence-corrected chi connectivity index (χ3v) is 5.68. The molecule has 0 amide bonds. The molecular formula is C25H29N5O3. The minimum absolute atomic E-state index is 0.200. The first-order valence-electron chi connectivity index (χ1n) is 10.8. The average molecular weight is 448 g/mol. The number of hydrogen-bond acceptors (Lipinski definition) is 6. The molecule has 4 rings (SSSR count). The number of fused-ring (bicyclic) bond motifs is 1. The SMILES string of the molecule is CCO[C@@]1(C)C=Cc2cc(-c3ccc(=N)n(C(C)N)c3)c(=O)n(-c3ccc(OC)cc3)c2N1. The van der Waals surface area contributed by atoms with Crippen molar-refractivity contribution in [3.05, 3.63) is 76.1 Å². The first kappa shape index (κ1) is 22.6. The number of methoxy groups -OCH3 is 1. The van der Waals surface area contributed by atoms with Crippen LogP contribution in [0.4, 0.5) is 5.82 Å². The van der Waals surface area contributed by atoms with Crippen LogP contribution >= 0.6 is 0 Å². The average Bonchev–Trinajstić information content (AvgIpc) is 2.79. The Balaban J connectivity index is 1.98. The van der Waals surface area contributed by atoms with Gasteiger partial charge in [0.25, 0.3) is 5.56 Å². The molecule has 8 heteroatoms. The zero-order chi connectivity index (χ0) is 23.8. The number of nitrogens with one attached hydrogen (secondary N) is 2. The Hall–Kier alpha value is -3.62. The number of rotatable bonds is 6. The van der Waals surface area contributed by atoms with Gasteiger partial charge in [-0.1, -0.05) is 6.08 Å². The number of pyridine rings is 2. The quantitative estimate of drug-likeness (QED) is 0.536. The van der Waals surface area contributed by atoms with Crippen molar-refractivity contribution in [3.63, 3.8) is 0 Å². The summed E-state index contributed by atoms with van der Waals surface area (Å²) in [5.41, 5.74) is 8.09. The second-order valence-corrected chi connectivity index (χ2v) is 8.15. The van der Waals surface area contributed by atoms with Crippen molar-refractivity contribution in [3.8, 4) is 22.6 Å². The fraction of sp³-hybridized carbons (Fsp3) is 0.280. The summed E-state index contributed by atoms with van der Waals surface area (Å²) >= 11 is 0. The van der Waals surface area contributed by atoms with Crippen LogP contribution in [0.2, 0.25) is 0 Å². The van der Waals surface area contributed by atoms with Gasteiger partial charge in [-0.05, 0) is 69.3 Å². The zero-order valence-corrected chi connectivity index (χ0v) is 19.3. The van der Waals surface area contributed by atoms with E-state index in [0.717, 1.165) is 5.56 Å². The summed E-state index contributed by atoms with van der Waals surface area (Å²) in [6.07, 6.45) is 5.26. The summed E-state index contributed by atoms with van der Waals surface area (Å²) in [7, 11) is 1.60. The van der Waals surface area contributed by atoms with Crippen LogP contribution in [-0.2, 0) is 4.74 Å². The number of hydrogen-bond donors (Lipinski definition) is 3. The molecule has 4 N–H and O–H groups in total. The Labute approximate surface area is 192 Å². The second kappa shape index (κ2) is 8.73. The van der Waals surface area contributed by atoms with Gasteiger partial charge in [-0.3, -0.25) is 14.8 Å². The fourth-order valence-corrected chi connectivity index (χ4v) is 4.00. The number of benzene rings is 1. The number of anilines is 1. The molecule has 172 valence electrons. The molecule has 2 aromatic heterocycles. The third-order valence-electron chi connectivity index (χ3n) is 5.68. The summed E-state index contributed by atoms with van der Waals surface area (Å²) < 4.78 is 14.5. The van der Waals surface area contributed by atoms with Crippen LogP contribution in [0.25, 0.3) is 22.9 Å². The van der Waals surface area contributed by atoms with Gasteiger partial charge in [0.05, 0.1) is 19.0 Å². The summed E-state index contributed by atoms with van der Waals surface area (Å²) in [5.74, 6) is 1.34. The van der Waals surface area contributed by atoms with Crippen molar-refractivity contribution in [2.24, 2.45) is 5.73 Å². The molecule has 1 aliphatic heterocycles. The monoisotopic (exact) mass is 447 g/mol. The molecule has 0 saturated heterocycles. The standard InChI is InChI=1S/C25H29N5O3/c1-5-33-25(3)13-12-17-14-21(18-6-11-22(27)29(15-18)16(2)26)24(31)30(23(17)28-25)19-7-9-20(32-4)10-8-19/h6-16,27-28H,5,26H2,1-4H3/t16?,25-/m0/s1. The van der Waals surface area contributed by atoms with E-state index in [-0.39, 0.29) is 11.0 Å². The van der Waals surface area contributed by atoms with Crippen LogP contribution in [0.5, 0.6) is 5.75 Å². The van der Waals surface area contributed by atoms with Crippen molar-refractivity contribution in [1.82, 2.24) is 9.13 Å². The molecule has 0 fully saturated rings. The Morgan fingerprint density at radius 3 is 2.58 bits per heavy atom. The molecule has 2 atom stereocenters. The topological polar surface area (TPSA) is 107 Å². The molecule has 1 unspecified atom stereocenters. The summed E-state index contributed by atoms with van der Waals surface area (Å²) in [5, 5.41) is 11.5. The van der Waals surface area contributed by atoms with E-state index in [2.05, 4.69) is 5.32 Å². The maximum atomic E-state index is 13.9. The van der Waals surface area contributed by atoms with E-state index in [1.54, 1.807) is 41.5 Å². The molecule has 8 nitrogen and oxygen atoms in total. The number of aromatic nitrogens is 2. The van der Waals surface area contributed by atoms with E-state index >= 15 is 0 Å². The highest BCUT2D eigenvalue weighted by Gasteiger charge is 2.29. The van der Waals surface area contributed by atoms with Crippen LogP contribution in [0.1, 0.15) is 32.5 Å². The molecule has 0 aliphatic carbocycles. The van der Waals surface area contributed by atoms with E-state index < -0.39 is 11.9 Å². The predicted octanol–water partition coefficient (Wildman–Crippen LogP) is 3.46. The van der Waals surface area contributed by atoms with Crippen molar-refractivity contribution in [2.45, 2.75) is 32.7 Å². The molecule has 1 aliphatic rings. The van der Waals surface area contributed by atoms with E-state index in [1.807, 2.05) is 56.3 Å². The van der Waals surface area contributed by atoms with E-state index in [9.17, 15) is 4.79 Å². The van der Waals surface area contributed by atoms with Crippen molar-refractivity contribution >= 4 is 11.9 Å². The lowest BCUT2D eigenvalue weighted by Crippen LogP contribution is -2.40. The highest BCUT2D eigenvalue weighted by molar-refractivity contribution is 5.76. The van der Waals surface area contributed by atoms with Gasteiger partial charge in [0, 0.05) is 29.5 Å². The van der Waals surface area contributed by atoms with Crippen LogP contribution in [-0.4, -0.2) is 28.6 Å². The molecular weight excluding hydrogens is 418 g/mol. The Bertz CT molecular complexity index is 1320. The first-order valence-corrected chi connectivity index (χ1v) is 10.8. The lowest BCUT2D eigenvalue weighted by Gasteiger charge is -2.34. The molecule has 0 saturated carbocycles. The molecule has 0 bridgehead atoms. The number of nitrogens with zero attached hydrogens (tertiary/aromatic N) is 2. The molecule has 3 heterocycles. The van der Waals surface area contributed by atoms with E-state index in [4.69, 9.17) is 20.6 Å². The summed E-state index contributed by atoms with van der Waals surface area (Å²) in [6.45, 7) is 6.17. The van der Waals surface area contributed by atoms with Gasteiger partial charge in [0.1, 0.15) is 17.1 Å². The maximum absolute atomic E-state index is 13.9. The van der Waals surface area contributed by atoms with E-state index in [0.29, 0.717) is 35.0 Å². The molecule has 1 aromatic carbocycles. The highest BCUT2D eigenvalue weighted by Crippen LogP contribution is 2.32. The smallest absolute Gasteiger partial charge is 0.264 e. The maximum Gasteiger partial charge on any atom is 0.264 e. The first-order chi connectivity index (χ1) is 15.8. The van der Waals surface area contributed by atoms with Gasteiger partial charge >= 0.3 is 0 Å². The van der Waals surface area contributed by atoms with Crippen LogP contribution < -0.4 is 26.8 Å². The Kier molecular flexibility index (Phi) is 5.97. The summed E-state index contributed by atoms with van der Waals surface area (Å²) in [4.78, 5) is 13.9. The highest BCUT2D eigenvalue weighted by atomic mass is 16.5. The predicted molar refractivity (Wildman–Crippen MR) is 129 cm³/mol. The minimum atomic E-state index is -0.741. The van der Waals surface area contributed by atoms with Gasteiger partial charge < -0.3 is 25.1 Å². The van der Waals surface area contributed by atoms with Crippen molar-refractivity contribution in [2.75, 3.05) is 19.0 Å². The summed E-state index contributed by atoms with van der Waals surface area (Å²) in [6, 6.07) is 12.6. The van der Waals surface area contributed by atoms with Crippen molar-refractivity contribution < 1.29 is 9.47 Å².